The maximum atomic E-state index is 11.8. The van der Waals surface area contributed by atoms with E-state index < -0.39 is 17.4 Å². The van der Waals surface area contributed by atoms with Crippen LogP contribution in [0, 0.1) is 0 Å². The fourth-order valence-electron chi connectivity index (χ4n) is 2.28. The Hall–Kier alpha value is -2.13. The van der Waals surface area contributed by atoms with Crippen LogP contribution < -0.4 is 5.73 Å². The van der Waals surface area contributed by atoms with E-state index in [9.17, 15) is 9.90 Å². The van der Waals surface area contributed by atoms with Crippen molar-refractivity contribution in [3.8, 4) is 0 Å². The fourth-order valence-corrected chi connectivity index (χ4v) is 2.28. The predicted molar refractivity (Wildman–Crippen MR) is 74.4 cm³/mol. The summed E-state index contributed by atoms with van der Waals surface area (Å²) in [5.41, 5.74) is 5.13. The van der Waals surface area contributed by atoms with Gasteiger partial charge in [-0.05, 0) is 11.1 Å². The number of carbonyl (C=O) groups excluding carboxylic acids is 1. The summed E-state index contributed by atoms with van der Waals surface area (Å²) in [7, 11) is 0. The summed E-state index contributed by atoms with van der Waals surface area (Å²) in [6.07, 6.45) is 0. The van der Waals surface area contributed by atoms with E-state index in [0.29, 0.717) is 5.56 Å². The Labute approximate surface area is 112 Å². The average molecular weight is 255 g/mol. The van der Waals surface area contributed by atoms with Crippen molar-refractivity contribution in [2.24, 2.45) is 5.73 Å². The Balaban J connectivity index is 2.49. The van der Waals surface area contributed by atoms with E-state index in [0.717, 1.165) is 5.56 Å². The molecular weight excluding hydrogens is 238 g/mol. The SMILES string of the molecule is CC(c1ccccc1)C(O)(C(N)=O)c1ccccc1. The van der Waals surface area contributed by atoms with Crippen molar-refractivity contribution >= 4 is 5.91 Å². The number of carbonyl (C=O) groups is 1. The molecule has 0 saturated carbocycles. The van der Waals surface area contributed by atoms with Gasteiger partial charge in [0.2, 0.25) is 0 Å². The lowest BCUT2D eigenvalue weighted by atomic mass is 9.78. The molecule has 0 aliphatic rings. The van der Waals surface area contributed by atoms with E-state index in [1.807, 2.05) is 36.4 Å². The topological polar surface area (TPSA) is 63.3 Å². The first-order chi connectivity index (χ1) is 9.06. The highest BCUT2D eigenvalue weighted by atomic mass is 16.3. The molecular formula is C16H17NO2. The molecule has 0 heterocycles. The molecule has 2 aromatic carbocycles. The lowest BCUT2D eigenvalue weighted by Crippen LogP contribution is -2.45. The van der Waals surface area contributed by atoms with Gasteiger partial charge in [-0.25, -0.2) is 0 Å². The van der Waals surface area contributed by atoms with Crippen LogP contribution in [0.1, 0.15) is 24.0 Å². The first-order valence-electron chi connectivity index (χ1n) is 6.19. The van der Waals surface area contributed by atoms with Crippen molar-refractivity contribution in [3.63, 3.8) is 0 Å². The van der Waals surface area contributed by atoms with Crippen LogP contribution in [0.3, 0.4) is 0 Å². The van der Waals surface area contributed by atoms with Crippen LogP contribution in [-0.2, 0) is 10.4 Å². The van der Waals surface area contributed by atoms with E-state index in [-0.39, 0.29) is 0 Å². The van der Waals surface area contributed by atoms with Crippen LogP contribution >= 0.6 is 0 Å². The third-order valence-electron chi connectivity index (χ3n) is 3.52. The molecule has 2 unspecified atom stereocenters. The highest BCUT2D eigenvalue weighted by molar-refractivity contribution is 5.86. The second-order valence-corrected chi connectivity index (χ2v) is 4.63. The third-order valence-corrected chi connectivity index (χ3v) is 3.52. The Morgan fingerprint density at radius 2 is 1.53 bits per heavy atom. The molecule has 98 valence electrons. The van der Waals surface area contributed by atoms with Crippen LogP contribution in [0.15, 0.2) is 60.7 Å². The van der Waals surface area contributed by atoms with E-state index in [2.05, 4.69) is 0 Å². The van der Waals surface area contributed by atoms with Crippen molar-refractivity contribution in [1.29, 1.82) is 0 Å². The minimum Gasteiger partial charge on any atom is -0.375 e. The number of hydrogen-bond donors (Lipinski definition) is 2. The maximum Gasteiger partial charge on any atom is 0.254 e. The van der Waals surface area contributed by atoms with Gasteiger partial charge >= 0.3 is 0 Å². The Kier molecular flexibility index (Phi) is 3.67. The predicted octanol–water partition coefficient (Wildman–Crippen LogP) is 2.16. The summed E-state index contributed by atoms with van der Waals surface area (Å²) in [6, 6.07) is 18.2. The van der Waals surface area contributed by atoms with Crippen molar-refractivity contribution in [2.45, 2.75) is 18.4 Å². The summed E-state index contributed by atoms with van der Waals surface area (Å²) < 4.78 is 0. The number of benzene rings is 2. The van der Waals surface area contributed by atoms with Gasteiger partial charge in [-0.2, -0.15) is 0 Å². The van der Waals surface area contributed by atoms with Crippen LogP contribution in [0.2, 0.25) is 0 Å². The summed E-state index contributed by atoms with van der Waals surface area (Å²) in [6.45, 7) is 1.80. The molecule has 1 amide bonds. The second kappa shape index (κ2) is 5.24. The van der Waals surface area contributed by atoms with E-state index in [4.69, 9.17) is 5.73 Å². The molecule has 0 aromatic heterocycles. The summed E-state index contributed by atoms with van der Waals surface area (Å²) in [5.74, 6) is -1.16. The molecule has 19 heavy (non-hydrogen) atoms. The summed E-state index contributed by atoms with van der Waals surface area (Å²) in [5, 5.41) is 10.8. The molecule has 0 saturated heterocycles. The molecule has 0 aliphatic carbocycles. The first-order valence-corrected chi connectivity index (χ1v) is 6.19. The average Bonchev–Trinajstić information content (AvgIpc) is 2.47. The molecule has 3 heteroatoms. The lowest BCUT2D eigenvalue weighted by Gasteiger charge is -2.32. The van der Waals surface area contributed by atoms with Crippen LogP contribution in [0.25, 0.3) is 0 Å². The molecule has 3 nitrogen and oxygen atoms in total. The van der Waals surface area contributed by atoms with E-state index in [1.165, 1.54) is 0 Å². The number of primary amides is 1. The maximum absolute atomic E-state index is 11.8. The number of rotatable bonds is 4. The van der Waals surface area contributed by atoms with Gasteiger partial charge in [-0.3, -0.25) is 4.79 Å². The molecule has 3 N–H and O–H groups in total. The lowest BCUT2D eigenvalue weighted by molar-refractivity contribution is -0.139. The number of hydrogen-bond acceptors (Lipinski definition) is 2. The molecule has 0 radical (unpaired) electrons. The molecule has 2 aromatic rings. The molecule has 2 rings (SSSR count). The zero-order chi connectivity index (χ0) is 13.9. The van der Waals surface area contributed by atoms with Gasteiger partial charge in [0, 0.05) is 5.92 Å². The van der Waals surface area contributed by atoms with E-state index >= 15 is 0 Å². The van der Waals surface area contributed by atoms with Crippen molar-refractivity contribution in [3.05, 3.63) is 71.8 Å². The summed E-state index contributed by atoms with van der Waals surface area (Å²) in [4.78, 5) is 11.8. The quantitative estimate of drug-likeness (QED) is 0.879. The van der Waals surface area contributed by atoms with Crippen molar-refractivity contribution in [1.82, 2.24) is 0 Å². The smallest absolute Gasteiger partial charge is 0.254 e. The summed E-state index contributed by atoms with van der Waals surface area (Å²) >= 11 is 0. The van der Waals surface area contributed by atoms with Crippen LogP contribution in [-0.4, -0.2) is 11.0 Å². The van der Waals surface area contributed by atoms with Gasteiger partial charge in [0.1, 0.15) is 0 Å². The van der Waals surface area contributed by atoms with Gasteiger partial charge in [-0.15, -0.1) is 0 Å². The Bertz CT molecular complexity index is 553. The van der Waals surface area contributed by atoms with Crippen molar-refractivity contribution < 1.29 is 9.90 Å². The molecule has 0 fully saturated rings. The number of aliphatic hydroxyl groups is 1. The molecule has 2 atom stereocenters. The van der Waals surface area contributed by atoms with Gasteiger partial charge in [0.25, 0.3) is 5.91 Å². The monoisotopic (exact) mass is 255 g/mol. The van der Waals surface area contributed by atoms with Crippen LogP contribution in [0.4, 0.5) is 0 Å². The van der Waals surface area contributed by atoms with Crippen molar-refractivity contribution in [2.75, 3.05) is 0 Å². The number of nitrogens with two attached hydrogens (primary N) is 1. The van der Waals surface area contributed by atoms with E-state index in [1.54, 1.807) is 31.2 Å². The van der Waals surface area contributed by atoms with Gasteiger partial charge in [0.15, 0.2) is 5.60 Å². The largest absolute Gasteiger partial charge is 0.375 e. The Morgan fingerprint density at radius 1 is 1.05 bits per heavy atom. The standard InChI is InChI=1S/C16H17NO2/c1-12(13-8-4-2-5-9-13)16(19,15(17)18)14-10-6-3-7-11-14/h2-12,19H,1H3,(H2,17,18). The Morgan fingerprint density at radius 3 is 2.00 bits per heavy atom. The molecule has 0 spiro atoms. The number of amides is 1. The highest BCUT2D eigenvalue weighted by Crippen LogP contribution is 2.36. The van der Waals surface area contributed by atoms with Gasteiger partial charge < -0.3 is 10.8 Å². The third kappa shape index (κ3) is 2.37. The fraction of sp³-hybridized carbons (Fsp3) is 0.188. The second-order valence-electron chi connectivity index (χ2n) is 4.63. The molecule has 0 aliphatic heterocycles. The minimum atomic E-state index is -1.71. The molecule has 0 bridgehead atoms. The highest BCUT2D eigenvalue weighted by Gasteiger charge is 2.42. The zero-order valence-electron chi connectivity index (χ0n) is 10.8. The first kappa shape index (κ1) is 13.3. The van der Waals surface area contributed by atoms with Crippen LogP contribution in [0.5, 0.6) is 0 Å². The minimum absolute atomic E-state index is 0.423. The van der Waals surface area contributed by atoms with Gasteiger partial charge in [-0.1, -0.05) is 67.6 Å². The van der Waals surface area contributed by atoms with Gasteiger partial charge in [0.05, 0.1) is 0 Å². The zero-order valence-corrected chi connectivity index (χ0v) is 10.8. The normalized spacial score (nSPS) is 15.5.